The van der Waals surface area contributed by atoms with Crippen LogP contribution in [0.25, 0.3) is 5.78 Å². The van der Waals surface area contributed by atoms with Crippen molar-refractivity contribution in [2.75, 3.05) is 0 Å². The highest BCUT2D eigenvalue weighted by Crippen LogP contribution is 2.15. The first-order chi connectivity index (χ1) is 13.0. The molecule has 0 fully saturated rings. The average Bonchev–Trinajstić information content (AvgIpc) is 3.10. The van der Waals surface area contributed by atoms with Gasteiger partial charge in [-0.2, -0.15) is 10.1 Å². The number of amides is 1. The van der Waals surface area contributed by atoms with Crippen LogP contribution >= 0.6 is 0 Å². The first-order valence-electron chi connectivity index (χ1n) is 8.67. The van der Waals surface area contributed by atoms with E-state index in [1.54, 1.807) is 4.52 Å². The third kappa shape index (κ3) is 4.28. The molecule has 3 rings (SSSR count). The van der Waals surface area contributed by atoms with E-state index in [9.17, 15) is 14.7 Å². The fourth-order valence-corrected chi connectivity index (χ4v) is 3.07. The van der Waals surface area contributed by atoms with Gasteiger partial charge in [0.15, 0.2) is 0 Å². The Bertz CT molecular complexity index is 968. The summed E-state index contributed by atoms with van der Waals surface area (Å²) in [6, 6.07) is 8.27. The molecule has 3 aromatic rings. The summed E-state index contributed by atoms with van der Waals surface area (Å²) in [7, 11) is 0. The van der Waals surface area contributed by atoms with Gasteiger partial charge in [0.25, 0.3) is 5.78 Å². The van der Waals surface area contributed by atoms with Crippen LogP contribution in [-0.4, -0.2) is 42.6 Å². The van der Waals surface area contributed by atoms with Crippen molar-refractivity contribution in [3.63, 3.8) is 0 Å². The molecule has 2 heterocycles. The van der Waals surface area contributed by atoms with Crippen molar-refractivity contribution < 1.29 is 14.7 Å². The second kappa shape index (κ2) is 7.94. The van der Waals surface area contributed by atoms with Crippen LogP contribution in [0.15, 0.2) is 36.7 Å². The molecule has 1 unspecified atom stereocenters. The van der Waals surface area contributed by atoms with Crippen molar-refractivity contribution >= 4 is 17.7 Å². The second-order valence-electron chi connectivity index (χ2n) is 6.38. The number of aliphatic carboxylic acids is 1. The zero-order chi connectivity index (χ0) is 19.4. The van der Waals surface area contributed by atoms with E-state index in [1.165, 1.54) is 6.33 Å². The zero-order valence-corrected chi connectivity index (χ0v) is 15.2. The molecule has 8 nitrogen and oxygen atoms in total. The molecule has 0 aliphatic rings. The Kier molecular flexibility index (Phi) is 5.44. The van der Waals surface area contributed by atoms with Crippen molar-refractivity contribution in [3.8, 4) is 0 Å². The topological polar surface area (TPSA) is 109 Å². The van der Waals surface area contributed by atoms with E-state index in [-0.39, 0.29) is 18.7 Å². The van der Waals surface area contributed by atoms with Gasteiger partial charge < -0.3 is 10.4 Å². The van der Waals surface area contributed by atoms with E-state index in [0.717, 1.165) is 22.5 Å². The fraction of sp³-hybridized carbons (Fsp3) is 0.316. The van der Waals surface area contributed by atoms with E-state index in [1.807, 2.05) is 44.2 Å². The Morgan fingerprint density at radius 1 is 1.22 bits per heavy atom. The quantitative estimate of drug-likeness (QED) is 0.655. The summed E-state index contributed by atoms with van der Waals surface area (Å²) in [5.74, 6) is -0.840. The number of nitrogens with zero attached hydrogens (tertiary/aromatic N) is 4. The van der Waals surface area contributed by atoms with Gasteiger partial charge in [0.1, 0.15) is 12.4 Å². The van der Waals surface area contributed by atoms with Gasteiger partial charge in [-0.15, -0.1) is 0 Å². The largest absolute Gasteiger partial charge is 0.480 e. The molecule has 0 aliphatic heterocycles. The van der Waals surface area contributed by atoms with Gasteiger partial charge in [-0.1, -0.05) is 30.3 Å². The van der Waals surface area contributed by atoms with E-state index < -0.39 is 12.0 Å². The van der Waals surface area contributed by atoms with Gasteiger partial charge in [0.2, 0.25) is 5.91 Å². The smallest absolute Gasteiger partial charge is 0.326 e. The standard InChI is InChI=1S/C19H21N5O3/c1-12-15(13(2)24-19(22-12)20-11-21-24)8-9-17(25)23-16(18(26)27)10-14-6-4-3-5-7-14/h3-7,11,16H,8-10H2,1-2H3,(H,23,25)(H,26,27). The number of carboxylic acids is 1. The van der Waals surface area contributed by atoms with E-state index >= 15 is 0 Å². The Morgan fingerprint density at radius 3 is 2.67 bits per heavy atom. The fourth-order valence-electron chi connectivity index (χ4n) is 3.07. The Hall–Kier alpha value is -3.29. The van der Waals surface area contributed by atoms with Crippen molar-refractivity contribution in [2.45, 2.75) is 39.2 Å². The molecule has 8 heteroatoms. The molecule has 0 radical (unpaired) electrons. The molecule has 0 bridgehead atoms. The zero-order valence-electron chi connectivity index (χ0n) is 15.2. The van der Waals surface area contributed by atoms with Crippen LogP contribution < -0.4 is 5.32 Å². The molecule has 140 valence electrons. The molecule has 1 amide bonds. The number of aromatic nitrogens is 4. The molecule has 27 heavy (non-hydrogen) atoms. The van der Waals surface area contributed by atoms with Gasteiger partial charge in [-0.3, -0.25) is 4.79 Å². The van der Waals surface area contributed by atoms with E-state index in [4.69, 9.17) is 0 Å². The lowest BCUT2D eigenvalue weighted by molar-refractivity contribution is -0.141. The lowest BCUT2D eigenvalue weighted by Crippen LogP contribution is -2.42. The molecule has 2 aromatic heterocycles. The highest BCUT2D eigenvalue weighted by Gasteiger charge is 2.21. The van der Waals surface area contributed by atoms with Gasteiger partial charge in [-0.25, -0.2) is 14.3 Å². The molecular formula is C19H21N5O3. The molecule has 2 N–H and O–H groups in total. The number of carbonyl (C=O) groups excluding carboxylic acids is 1. The Labute approximate surface area is 156 Å². The van der Waals surface area contributed by atoms with Crippen LogP contribution in [0.1, 0.15) is 28.9 Å². The normalized spacial score (nSPS) is 12.1. The number of rotatable bonds is 7. The Morgan fingerprint density at radius 2 is 1.96 bits per heavy atom. The predicted molar refractivity (Wildman–Crippen MR) is 98.3 cm³/mol. The SMILES string of the molecule is Cc1nc2ncnn2c(C)c1CCC(=O)NC(Cc1ccccc1)C(=O)O. The number of hydrogen-bond acceptors (Lipinski definition) is 5. The van der Waals surface area contributed by atoms with Crippen LogP contribution in [0.5, 0.6) is 0 Å². The molecule has 0 spiro atoms. The first kappa shape index (κ1) is 18.5. The number of carbonyl (C=O) groups is 2. The lowest BCUT2D eigenvalue weighted by Gasteiger charge is -2.15. The lowest BCUT2D eigenvalue weighted by atomic mass is 10.0. The number of carboxylic acid groups (broad SMARTS) is 1. The highest BCUT2D eigenvalue weighted by molar-refractivity contribution is 5.83. The summed E-state index contributed by atoms with van der Waals surface area (Å²) in [6.07, 6.45) is 2.30. The van der Waals surface area contributed by atoms with Gasteiger partial charge >= 0.3 is 5.97 Å². The highest BCUT2D eigenvalue weighted by atomic mass is 16.4. The summed E-state index contributed by atoms with van der Waals surface area (Å²) in [5.41, 5.74) is 3.44. The van der Waals surface area contributed by atoms with Crippen LogP contribution in [-0.2, 0) is 22.4 Å². The van der Waals surface area contributed by atoms with Crippen LogP contribution in [0, 0.1) is 13.8 Å². The minimum Gasteiger partial charge on any atom is -0.480 e. The van der Waals surface area contributed by atoms with Crippen molar-refractivity contribution in [3.05, 3.63) is 59.2 Å². The summed E-state index contributed by atoms with van der Waals surface area (Å²) >= 11 is 0. The van der Waals surface area contributed by atoms with Crippen LogP contribution in [0.3, 0.4) is 0 Å². The second-order valence-corrected chi connectivity index (χ2v) is 6.38. The van der Waals surface area contributed by atoms with E-state index in [2.05, 4.69) is 20.4 Å². The van der Waals surface area contributed by atoms with E-state index in [0.29, 0.717) is 12.2 Å². The van der Waals surface area contributed by atoms with Gasteiger partial charge in [0, 0.05) is 24.2 Å². The van der Waals surface area contributed by atoms with Gasteiger partial charge in [-0.05, 0) is 31.4 Å². The minimum atomic E-state index is -1.05. The number of nitrogens with one attached hydrogen (secondary N) is 1. The predicted octanol–water partition coefficient (Wildman–Crippen LogP) is 1.49. The monoisotopic (exact) mass is 367 g/mol. The maximum absolute atomic E-state index is 12.3. The maximum atomic E-state index is 12.3. The summed E-state index contributed by atoms with van der Waals surface area (Å²) < 4.78 is 1.63. The molecular weight excluding hydrogens is 346 g/mol. The number of aryl methyl sites for hydroxylation is 2. The molecule has 0 saturated heterocycles. The average molecular weight is 367 g/mol. The summed E-state index contributed by atoms with van der Waals surface area (Å²) in [4.78, 5) is 32.3. The van der Waals surface area contributed by atoms with Gasteiger partial charge in [0.05, 0.1) is 0 Å². The minimum absolute atomic E-state index is 0.169. The summed E-state index contributed by atoms with van der Waals surface area (Å²) in [6.45, 7) is 3.77. The molecule has 0 saturated carbocycles. The third-order valence-corrected chi connectivity index (χ3v) is 4.51. The van der Waals surface area contributed by atoms with Crippen LogP contribution in [0.4, 0.5) is 0 Å². The molecule has 0 aliphatic carbocycles. The molecule has 1 aromatic carbocycles. The number of benzene rings is 1. The summed E-state index contributed by atoms with van der Waals surface area (Å²) in [5, 5.41) is 16.2. The molecule has 1 atom stereocenters. The number of hydrogen-bond donors (Lipinski definition) is 2. The Balaban J connectivity index is 1.65. The van der Waals surface area contributed by atoms with Crippen molar-refractivity contribution in [1.82, 2.24) is 24.9 Å². The number of fused-ring (bicyclic) bond motifs is 1. The van der Waals surface area contributed by atoms with Crippen LogP contribution in [0.2, 0.25) is 0 Å². The third-order valence-electron chi connectivity index (χ3n) is 4.51. The van der Waals surface area contributed by atoms with Crippen molar-refractivity contribution in [2.24, 2.45) is 0 Å². The first-order valence-corrected chi connectivity index (χ1v) is 8.67. The maximum Gasteiger partial charge on any atom is 0.326 e. The van der Waals surface area contributed by atoms with Crippen molar-refractivity contribution in [1.29, 1.82) is 0 Å².